The molecule has 2 amide bonds. The number of thiophene rings is 1. The minimum absolute atomic E-state index is 0.116. The van der Waals surface area contributed by atoms with Gasteiger partial charge in [-0.05, 0) is 55.0 Å². The molecule has 1 aliphatic carbocycles. The molecule has 1 aliphatic rings. The van der Waals surface area contributed by atoms with Crippen LogP contribution in [0.15, 0.2) is 23.8 Å². The average Bonchev–Trinajstić information content (AvgIpc) is 3.00. The van der Waals surface area contributed by atoms with Gasteiger partial charge in [0.05, 0.1) is 15.6 Å². The highest BCUT2D eigenvalue weighted by atomic mass is 35.5. The molecule has 0 unspecified atom stereocenters. The van der Waals surface area contributed by atoms with Crippen LogP contribution in [0.3, 0.4) is 0 Å². The van der Waals surface area contributed by atoms with Crippen LogP contribution in [0.5, 0.6) is 0 Å². The summed E-state index contributed by atoms with van der Waals surface area (Å²) in [5.41, 5.74) is 7.26. The van der Waals surface area contributed by atoms with Crippen molar-refractivity contribution in [3.63, 3.8) is 0 Å². The zero-order valence-corrected chi connectivity index (χ0v) is 16.5. The van der Waals surface area contributed by atoms with Crippen molar-refractivity contribution in [2.75, 3.05) is 5.32 Å². The van der Waals surface area contributed by atoms with E-state index in [4.69, 9.17) is 28.9 Å². The third-order valence-corrected chi connectivity index (χ3v) is 6.21. The van der Waals surface area contributed by atoms with E-state index < -0.39 is 11.8 Å². The number of rotatable bonds is 4. The first-order chi connectivity index (χ1) is 12.9. The van der Waals surface area contributed by atoms with E-state index in [2.05, 4.69) is 5.32 Å². The Hall–Kier alpha value is -2.33. The minimum Gasteiger partial charge on any atom is -0.365 e. The number of carbonyl (C=O) groups excluding carboxylic acids is 2. The lowest BCUT2D eigenvalue weighted by Gasteiger charge is -2.11. The van der Waals surface area contributed by atoms with E-state index >= 15 is 0 Å². The number of aryl methyl sites for hydroxylation is 1. The summed E-state index contributed by atoms with van der Waals surface area (Å²) in [7, 11) is 0. The Balaban J connectivity index is 1.90. The van der Waals surface area contributed by atoms with Gasteiger partial charge in [-0.1, -0.05) is 29.3 Å². The third kappa shape index (κ3) is 4.16. The third-order valence-electron chi connectivity index (χ3n) is 4.26. The Morgan fingerprint density at radius 2 is 1.96 bits per heavy atom. The van der Waals surface area contributed by atoms with Crippen LogP contribution < -0.4 is 11.1 Å². The van der Waals surface area contributed by atoms with E-state index in [1.807, 2.05) is 6.07 Å². The van der Waals surface area contributed by atoms with Crippen molar-refractivity contribution in [3.8, 4) is 6.07 Å². The standard InChI is InChI=1S/C19H15Cl2N3O2S/c20-13-6-5-10(8-14(13)21)7-11(9-22)18(26)24-19-16(17(23)25)12-3-1-2-4-15(12)27-19/h5-8H,1-4H2,(H2,23,25)(H,24,26)/b11-7+. The monoisotopic (exact) mass is 419 g/mol. The average molecular weight is 420 g/mol. The second-order valence-electron chi connectivity index (χ2n) is 6.08. The maximum Gasteiger partial charge on any atom is 0.266 e. The molecule has 0 atom stereocenters. The number of halogens is 2. The van der Waals surface area contributed by atoms with Crippen LogP contribution in [0.4, 0.5) is 5.00 Å². The summed E-state index contributed by atoms with van der Waals surface area (Å²) in [6.45, 7) is 0. The summed E-state index contributed by atoms with van der Waals surface area (Å²) in [6.07, 6.45) is 5.07. The summed E-state index contributed by atoms with van der Waals surface area (Å²) in [5.74, 6) is -1.18. The summed E-state index contributed by atoms with van der Waals surface area (Å²) in [5, 5.41) is 13.2. The molecule has 0 aliphatic heterocycles. The van der Waals surface area contributed by atoms with E-state index in [0.29, 0.717) is 26.2 Å². The van der Waals surface area contributed by atoms with Crippen LogP contribution >= 0.6 is 34.5 Å². The Labute approximate surface area is 170 Å². The molecule has 2 aromatic rings. The van der Waals surface area contributed by atoms with Gasteiger partial charge < -0.3 is 11.1 Å². The number of nitriles is 1. The zero-order valence-electron chi connectivity index (χ0n) is 14.1. The Bertz CT molecular complexity index is 1010. The smallest absolute Gasteiger partial charge is 0.266 e. The van der Waals surface area contributed by atoms with Gasteiger partial charge in [-0.15, -0.1) is 11.3 Å². The molecule has 3 rings (SSSR count). The fourth-order valence-electron chi connectivity index (χ4n) is 3.00. The second kappa shape index (κ2) is 8.13. The van der Waals surface area contributed by atoms with Crippen LogP contribution in [0, 0.1) is 11.3 Å². The molecule has 1 aromatic carbocycles. The van der Waals surface area contributed by atoms with Gasteiger partial charge in [-0.3, -0.25) is 9.59 Å². The predicted octanol–water partition coefficient (Wildman–Crippen LogP) is 4.58. The normalized spacial score (nSPS) is 13.6. The number of fused-ring (bicyclic) bond motifs is 1. The Morgan fingerprint density at radius 1 is 1.22 bits per heavy atom. The van der Waals surface area contributed by atoms with Crippen LogP contribution in [0.1, 0.15) is 39.2 Å². The van der Waals surface area contributed by atoms with E-state index in [-0.39, 0.29) is 5.57 Å². The topological polar surface area (TPSA) is 96.0 Å². The van der Waals surface area contributed by atoms with Crippen LogP contribution in [0.25, 0.3) is 6.08 Å². The van der Waals surface area contributed by atoms with E-state index in [0.717, 1.165) is 36.1 Å². The highest BCUT2D eigenvalue weighted by Gasteiger charge is 2.25. The maximum atomic E-state index is 12.6. The van der Waals surface area contributed by atoms with Crippen molar-refractivity contribution >= 4 is 57.4 Å². The lowest BCUT2D eigenvalue weighted by molar-refractivity contribution is -0.112. The number of benzene rings is 1. The fraction of sp³-hybridized carbons (Fsp3) is 0.211. The molecule has 0 radical (unpaired) electrons. The molecule has 1 aromatic heterocycles. The molecule has 0 saturated heterocycles. The lowest BCUT2D eigenvalue weighted by Crippen LogP contribution is -2.19. The maximum absolute atomic E-state index is 12.6. The molecular weight excluding hydrogens is 405 g/mol. The molecule has 5 nitrogen and oxygen atoms in total. The number of amides is 2. The van der Waals surface area contributed by atoms with Gasteiger partial charge in [0.25, 0.3) is 11.8 Å². The Kier molecular flexibility index (Phi) is 5.85. The van der Waals surface area contributed by atoms with Crippen molar-refractivity contribution < 1.29 is 9.59 Å². The van der Waals surface area contributed by atoms with E-state index in [1.165, 1.54) is 17.4 Å². The van der Waals surface area contributed by atoms with Crippen molar-refractivity contribution in [3.05, 3.63) is 55.4 Å². The highest BCUT2D eigenvalue weighted by molar-refractivity contribution is 7.17. The van der Waals surface area contributed by atoms with E-state index in [9.17, 15) is 14.9 Å². The number of hydrogen-bond donors (Lipinski definition) is 2. The number of nitrogens with two attached hydrogens (primary N) is 1. The highest BCUT2D eigenvalue weighted by Crippen LogP contribution is 2.38. The first-order valence-electron chi connectivity index (χ1n) is 8.23. The zero-order chi connectivity index (χ0) is 19.6. The number of hydrogen-bond acceptors (Lipinski definition) is 4. The first-order valence-corrected chi connectivity index (χ1v) is 9.80. The van der Waals surface area contributed by atoms with E-state index in [1.54, 1.807) is 18.2 Å². The van der Waals surface area contributed by atoms with Crippen LogP contribution in [0.2, 0.25) is 10.0 Å². The molecule has 27 heavy (non-hydrogen) atoms. The van der Waals surface area contributed by atoms with Gasteiger partial charge in [-0.25, -0.2) is 0 Å². The molecular formula is C19H15Cl2N3O2S. The summed E-state index contributed by atoms with van der Waals surface area (Å²) >= 11 is 13.2. The van der Waals surface area contributed by atoms with Gasteiger partial charge >= 0.3 is 0 Å². The second-order valence-corrected chi connectivity index (χ2v) is 8.00. The quantitative estimate of drug-likeness (QED) is 0.560. The molecule has 8 heteroatoms. The fourth-order valence-corrected chi connectivity index (χ4v) is 4.60. The molecule has 0 spiro atoms. The first kappa shape index (κ1) is 19.4. The molecule has 138 valence electrons. The van der Waals surface area contributed by atoms with Gasteiger partial charge in [0.2, 0.25) is 0 Å². The number of primary amides is 1. The number of nitrogens with zero attached hydrogens (tertiary/aromatic N) is 1. The van der Waals surface area contributed by atoms with Gasteiger partial charge in [0.15, 0.2) is 0 Å². The van der Waals surface area contributed by atoms with Gasteiger partial charge in [-0.2, -0.15) is 5.26 Å². The molecule has 1 heterocycles. The summed E-state index contributed by atoms with van der Waals surface area (Å²) in [4.78, 5) is 25.6. The van der Waals surface area contributed by atoms with Crippen molar-refractivity contribution in [2.45, 2.75) is 25.7 Å². The largest absolute Gasteiger partial charge is 0.365 e. The van der Waals surface area contributed by atoms with Crippen LogP contribution in [-0.2, 0) is 17.6 Å². The Morgan fingerprint density at radius 3 is 2.63 bits per heavy atom. The van der Waals surface area contributed by atoms with Gasteiger partial charge in [0.1, 0.15) is 16.6 Å². The number of nitrogens with one attached hydrogen (secondary N) is 1. The molecule has 0 saturated carbocycles. The molecule has 0 fully saturated rings. The van der Waals surface area contributed by atoms with Crippen LogP contribution in [-0.4, -0.2) is 11.8 Å². The number of carbonyl (C=O) groups is 2. The molecule has 3 N–H and O–H groups in total. The number of anilines is 1. The predicted molar refractivity (Wildman–Crippen MR) is 108 cm³/mol. The summed E-state index contributed by atoms with van der Waals surface area (Å²) in [6, 6.07) is 6.67. The molecule has 0 bridgehead atoms. The van der Waals surface area contributed by atoms with Crippen molar-refractivity contribution in [1.29, 1.82) is 5.26 Å². The van der Waals surface area contributed by atoms with Gasteiger partial charge in [0, 0.05) is 4.88 Å². The lowest BCUT2D eigenvalue weighted by atomic mass is 9.95. The van der Waals surface area contributed by atoms with Crippen molar-refractivity contribution in [1.82, 2.24) is 0 Å². The SMILES string of the molecule is N#C/C(=C\c1ccc(Cl)c(Cl)c1)C(=O)Nc1sc2c(c1C(N)=O)CCCC2. The minimum atomic E-state index is -0.607. The summed E-state index contributed by atoms with van der Waals surface area (Å²) < 4.78 is 0. The van der Waals surface area contributed by atoms with Crippen molar-refractivity contribution in [2.24, 2.45) is 5.73 Å².